The smallest absolute Gasteiger partial charge is 0.238 e. The van der Waals surface area contributed by atoms with Crippen molar-refractivity contribution in [2.24, 2.45) is 0 Å². The van der Waals surface area contributed by atoms with Gasteiger partial charge in [0.2, 0.25) is 5.95 Å². The Hall–Kier alpha value is -7.36. The minimum atomic E-state index is 0.536. The van der Waals surface area contributed by atoms with Gasteiger partial charge in [0.15, 0.2) is 17.3 Å². The number of furan rings is 1. The van der Waals surface area contributed by atoms with Gasteiger partial charge in [0.05, 0.1) is 17.6 Å². The normalized spacial score (nSPS) is 11.4. The molecule has 0 N–H and O–H groups in total. The summed E-state index contributed by atoms with van der Waals surface area (Å²) >= 11 is 0. The van der Waals surface area contributed by atoms with Crippen molar-refractivity contribution in [2.75, 3.05) is 0 Å². The summed E-state index contributed by atoms with van der Waals surface area (Å²) in [6.45, 7) is 7.51. The zero-order valence-corrected chi connectivity index (χ0v) is 27.7. The SMILES string of the molecule is [C-]#[N+]c1cccc(-c2cccc3oc4cc(-c5nc(-c6ccccc6)nc(-n6c7ccccc7c7cc(-c8ccccc8)ccc76)n5)ccc4c23)c1. The highest BCUT2D eigenvalue weighted by atomic mass is 16.3. The lowest BCUT2D eigenvalue weighted by molar-refractivity contribution is 0.669. The lowest BCUT2D eigenvalue weighted by atomic mass is 9.98. The Morgan fingerprint density at radius 3 is 1.98 bits per heavy atom. The fourth-order valence-electron chi connectivity index (χ4n) is 7.26. The highest BCUT2D eigenvalue weighted by molar-refractivity contribution is 6.13. The van der Waals surface area contributed by atoms with E-state index in [0.717, 1.165) is 71.6 Å². The zero-order chi connectivity index (χ0) is 34.6. The van der Waals surface area contributed by atoms with E-state index in [0.29, 0.717) is 23.3 Å². The molecule has 0 atom stereocenters. The topological polar surface area (TPSA) is 61.1 Å². The van der Waals surface area contributed by atoms with Crippen molar-refractivity contribution < 1.29 is 4.42 Å². The van der Waals surface area contributed by atoms with Crippen molar-refractivity contribution in [3.05, 3.63) is 175 Å². The second-order valence-electron chi connectivity index (χ2n) is 12.8. The molecule has 0 amide bonds. The Bertz CT molecular complexity index is 3030. The average Bonchev–Trinajstić information content (AvgIpc) is 3.76. The maximum atomic E-state index is 7.51. The molecule has 0 fully saturated rings. The maximum Gasteiger partial charge on any atom is 0.238 e. The van der Waals surface area contributed by atoms with Crippen LogP contribution in [0.5, 0.6) is 0 Å². The standard InChI is InChI=1S/C46H27N5O/c1-47-34-17-10-16-32(26-34)35-19-11-21-41-43(35)37-24-22-33(28-42(37)52-41)45-48-44(30-14-6-3-7-15-30)49-46(50-45)51-39-20-9-8-18-36(39)38-27-31(23-25-40(38)51)29-12-4-2-5-13-29/h2-28H. The number of hydrogen-bond acceptors (Lipinski definition) is 4. The molecular weight excluding hydrogens is 639 g/mol. The molecule has 0 radical (unpaired) electrons. The lowest BCUT2D eigenvalue weighted by Gasteiger charge is -2.11. The predicted molar refractivity (Wildman–Crippen MR) is 209 cm³/mol. The van der Waals surface area contributed by atoms with Crippen LogP contribution in [-0.4, -0.2) is 19.5 Å². The number of aromatic nitrogens is 4. The van der Waals surface area contributed by atoms with Gasteiger partial charge in [0.25, 0.3) is 0 Å². The molecule has 3 aromatic heterocycles. The number of fused-ring (bicyclic) bond motifs is 6. The van der Waals surface area contributed by atoms with E-state index in [1.165, 1.54) is 5.56 Å². The number of benzene rings is 7. The van der Waals surface area contributed by atoms with Crippen LogP contribution in [0, 0.1) is 6.57 Å². The summed E-state index contributed by atoms with van der Waals surface area (Å²) < 4.78 is 8.62. The van der Waals surface area contributed by atoms with Crippen LogP contribution < -0.4 is 0 Å². The maximum absolute atomic E-state index is 7.51. The van der Waals surface area contributed by atoms with Gasteiger partial charge in [-0.05, 0) is 64.7 Å². The molecule has 0 aliphatic rings. The summed E-state index contributed by atoms with van der Waals surface area (Å²) in [5.41, 5.74) is 10.2. The third-order valence-electron chi connectivity index (χ3n) is 9.68. The molecule has 0 spiro atoms. The molecule has 0 aliphatic carbocycles. The molecule has 0 unspecified atom stereocenters. The molecule has 6 nitrogen and oxygen atoms in total. The monoisotopic (exact) mass is 665 g/mol. The van der Waals surface area contributed by atoms with Gasteiger partial charge in [0, 0.05) is 32.7 Å². The third kappa shape index (κ3) is 4.84. The first-order valence-corrected chi connectivity index (χ1v) is 17.1. The molecule has 10 rings (SSSR count). The first-order valence-electron chi connectivity index (χ1n) is 17.1. The number of hydrogen-bond donors (Lipinski definition) is 0. The predicted octanol–water partition coefficient (Wildman–Crippen LogP) is 12.1. The molecule has 0 aliphatic heterocycles. The Morgan fingerprint density at radius 1 is 0.462 bits per heavy atom. The Morgan fingerprint density at radius 2 is 1.15 bits per heavy atom. The molecule has 0 bridgehead atoms. The van der Waals surface area contributed by atoms with Gasteiger partial charge in [-0.1, -0.05) is 121 Å². The van der Waals surface area contributed by atoms with Gasteiger partial charge in [-0.25, -0.2) is 9.83 Å². The Kier molecular flexibility index (Phi) is 6.76. The van der Waals surface area contributed by atoms with Crippen LogP contribution in [0.3, 0.4) is 0 Å². The molecule has 10 aromatic rings. The van der Waals surface area contributed by atoms with E-state index in [4.69, 9.17) is 25.9 Å². The van der Waals surface area contributed by atoms with E-state index >= 15 is 0 Å². The molecule has 52 heavy (non-hydrogen) atoms. The van der Waals surface area contributed by atoms with Crippen molar-refractivity contribution in [1.82, 2.24) is 19.5 Å². The van der Waals surface area contributed by atoms with Crippen LogP contribution in [-0.2, 0) is 0 Å². The molecule has 3 heterocycles. The van der Waals surface area contributed by atoms with Gasteiger partial charge in [-0.15, -0.1) is 0 Å². The van der Waals surface area contributed by atoms with E-state index in [-0.39, 0.29) is 0 Å². The zero-order valence-electron chi connectivity index (χ0n) is 27.7. The van der Waals surface area contributed by atoms with E-state index in [2.05, 4.69) is 94.3 Å². The van der Waals surface area contributed by atoms with Crippen molar-refractivity contribution >= 4 is 49.4 Å². The highest BCUT2D eigenvalue weighted by Gasteiger charge is 2.20. The largest absolute Gasteiger partial charge is 0.456 e. The number of nitrogens with zero attached hydrogens (tertiary/aromatic N) is 5. The first kappa shape index (κ1) is 29.5. The number of para-hydroxylation sites is 1. The average molecular weight is 666 g/mol. The molecule has 7 aromatic carbocycles. The molecule has 242 valence electrons. The second kappa shape index (κ2) is 11.9. The van der Waals surface area contributed by atoms with Crippen LogP contribution in [0.25, 0.3) is 99.6 Å². The van der Waals surface area contributed by atoms with Gasteiger partial charge >= 0.3 is 0 Å². The number of rotatable bonds is 5. The van der Waals surface area contributed by atoms with Crippen LogP contribution in [0.15, 0.2) is 168 Å². The van der Waals surface area contributed by atoms with Crippen LogP contribution in [0.4, 0.5) is 5.69 Å². The van der Waals surface area contributed by atoms with Crippen molar-refractivity contribution in [1.29, 1.82) is 0 Å². The minimum Gasteiger partial charge on any atom is -0.456 e. The van der Waals surface area contributed by atoms with Crippen LogP contribution in [0.1, 0.15) is 0 Å². The summed E-state index contributed by atoms with van der Waals surface area (Å²) in [5.74, 6) is 1.66. The summed E-state index contributed by atoms with van der Waals surface area (Å²) in [6, 6.07) is 55.3. The van der Waals surface area contributed by atoms with E-state index in [9.17, 15) is 0 Å². The summed E-state index contributed by atoms with van der Waals surface area (Å²) in [6.07, 6.45) is 0. The molecule has 0 saturated heterocycles. The minimum absolute atomic E-state index is 0.536. The molecular formula is C46H27N5O. The second-order valence-corrected chi connectivity index (χ2v) is 12.8. The van der Waals surface area contributed by atoms with Crippen LogP contribution in [0.2, 0.25) is 0 Å². The molecule has 0 saturated carbocycles. The van der Waals surface area contributed by atoms with Crippen molar-refractivity contribution in [2.45, 2.75) is 0 Å². The van der Waals surface area contributed by atoms with Crippen molar-refractivity contribution in [3.63, 3.8) is 0 Å². The van der Waals surface area contributed by atoms with Gasteiger partial charge < -0.3 is 4.42 Å². The highest BCUT2D eigenvalue weighted by Crippen LogP contribution is 2.39. The summed E-state index contributed by atoms with van der Waals surface area (Å²) in [5, 5.41) is 4.24. The van der Waals surface area contributed by atoms with Gasteiger partial charge in [-0.3, -0.25) is 4.57 Å². The fraction of sp³-hybridized carbons (Fsp3) is 0. The van der Waals surface area contributed by atoms with Gasteiger partial charge in [-0.2, -0.15) is 9.97 Å². The van der Waals surface area contributed by atoms with Crippen molar-refractivity contribution in [3.8, 4) is 51.0 Å². The third-order valence-corrected chi connectivity index (χ3v) is 9.68. The Labute approximate surface area is 298 Å². The Balaban J connectivity index is 1.18. The summed E-state index contributed by atoms with van der Waals surface area (Å²) in [4.78, 5) is 19.0. The molecule has 6 heteroatoms. The fourth-order valence-corrected chi connectivity index (χ4v) is 7.26. The summed E-state index contributed by atoms with van der Waals surface area (Å²) in [7, 11) is 0. The lowest BCUT2D eigenvalue weighted by Crippen LogP contribution is -2.06. The van der Waals surface area contributed by atoms with E-state index in [1.807, 2.05) is 78.9 Å². The van der Waals surface area contributed by atoms with E-state index in [1.54, 1.807) is 0 Å². The first-order chi connectivity index (χ1) is 25.7. The quantitative estimate of drug-likeness (QED) is 0.172. The van der Waals surface area contributed by atoms with Crippen LogP contribution >= 0.6 is 0 Å². The van der Waals surface area contributed by atoms with E-state index < -0.39 is 0 Å². The van der Waals surface area contributed by atoms with Gasteiger partial charge in [0.1, 0.15) is 11.2 Å².